The molecule has 0 bridgehead atoms. The van der Waals surface area contributed by atoms with E-state index in [2.05, 4.69) is 15.9 Å². The lowest BCUT2D eigenvalue weighted by atomic mass is 10.1. The third kappa shape index (κ3) is 2.28. The van der Waals surface area contributed by atoms with Crippen molar-refractivity contribution >= 4 is 21.7 Å². The molecule has 4 heteroatoms. The van der Waals surface area contributed by atoms with Crippen LogP contribution < -0.4 is 0 Å². The Hall–Kier alpha value is -0.900. The molecular formula is C9H8BrFO2. The summed E-state index contributed by atoms with van der Waals surface area (Å²) in [6.07, 6.45) is 0. The summed E-state index contributed by atoms with van der Waals surface area (Å²) in [5.74, 6) is -1.24. The lowest BCUT2D eigenvalue weighted by molar-refractivity contribution is -0.116. The molecule has 1 atom stereocenters. The summed E-state index contributed by atoms with van der Waals surface area (Å²) in [5, 5.41) is 8.89. The molecule has 1 rings (SSSR count). The number of phenols is 1. The van der Waals surface area contributed by atoms with Crippen LogP contribution in [0.15, 0.2) is 18.2 Å². The van der Waals surface area contributed by atoms with Crippen LogP contribution in [-0.2, 0) is 4.79 Å². The van der Waals surface area contributed by atoms with Crippen LogP contribution in [0.5, 0.6) is 5.75 Å². The molecule has 0 aliphatic carbocycles. The van der Waals surface area contributed by atoms with Crippen LogP contribution in [-0.4, -0.2) is 10.9 Å². The van der Waals surface area contributed by atoms with Gasteiger partial charge < -0.3 is 5.11 Å². The number of alkyl halides is 1. The van der Waals surface area contributed by atoms with Gasteiger partial charge in [0.15, 0.2) is 11.6 Å². The highest BCUT2D eigenvalue weighted by Gasteiger charge is 2.13. The molecule has 1 unspecified atom stereocenters. The SMILES string of the molecule is CC(=O)C(Br)c1ccc(O)c(F)c1. The summed E-state index contributed by atoms with van der Waals surface area (Å²) in [6, 6.07) is 3.86. The number of ketones is 1. The van der Waals surface area contributed by atoms with E-state index in [1.165, 1.54) is 19.1 Å². The van der Waals surface area contributed by atoms with Gasteiger partial charge in [0.1, 0.15) is 5.78 Å². The number of hydrogen-bond acceptors (Lipinski definition) is 2. The predicted octanol–water partition coefficient (Wildman–Crippen LogP) is 2.56. The fraction of sp³-hybridized carbons (Fsp3) is 0.222. The number of aromatic hydroxyl groups is 1. The van der Waals surface area contributed by atoms with Crippen LogP contribution in [0.1, 0.15) is 17.3 Å². The second kappa shape index (κ2) is 3.87. The molecular weight excluding hydrogens is 239 g/mol. The van der Waals surface area contributed by atoms with E-state index in [4.69, 9.17) is 5.11 Å². The fourth-order valence-corrected chi connectivity index (χ4v) is 1.20. The Labute approximate surface area is 83.5 Å². The third-order valence-corrected chi connectivity index (χ3v) is 2.79. The zero-order chi connectivity index (χ0) is 10.0. The fourth-order valence-electron chi connectivity index (χ4n) is 0.916. The summed E-state index contributed by atoms with van der Waals surface area (Å²) in [5.41, 5.74) is 0.503. The van der Waals surface area contributed by atoms with Crippen molar-refractivity contribution in [1.29, 1.82) is 0 Å². The van der Waals surface area contributed by atoms with Crippen LogP contribution in [0.3, 0.4) is 0 Å². The quantitative estimate of drug-likeness (QED) is 0.815. The van der Waals surface area contributed by atoms with Gasteiger partial charge in [-0.05, 0) is 24.6 Å². The molecule has 1 aromatic rings. The molecule has 0 aliphatic rings. The third-order valence-electron chi connectivity index (χ3n) is 1.62. The molecule has 0 spiro atoms. The topological polar surface area (TPSA) is 37.3 Å². The Morgan fingerprint density at radius 1 is 1.62 bits per heavy atom. The van der Waals surface area contributed by atoms with Gasteiger partial charge in [-0.1, -0.05) is 22.0 Å². The van der Waals surface area contributed by atoms with Crippen LogP contribution in [0, 0.1) is 5.82 Å². The molecule has 0 saturated carbocycles. The molecule has 0 fully saturated rings. The lowest BCUT2D eigenvalue weighted by Crippen LogP contribution is -2.01. The van der Waals surface area contributed by atoms with Gasteiger partial charge in [-0.2, -0.15) is 0 Å². The number of benzene rings is 1. The maximum Gasteiger partial charge on any atom is 0.165 e. The van der Waals surface area contributed by atoms with Crippen LogP contribution in [0.4, 0.5) is 4.39 Å². The zero-order valence-electron chi connectivity index (χ0n) is 6.92. The minimum absolute atomic E-state index is 0.106. The lowest BCUT2D eigenvalue weighted by Gasteiger charge is -2.06. The van der Waals surface area contributed by atoms with E-state index in [1.54, 1.807) is 0 Å². The number of Topliss-reactive ketones (excluding diaryl/α,β-unsaturated/α-hetero) is 1. The average Bonchev–Trinajstić information content (AvgIpc) is 2.08. The first-order valence-electron chi connectivity index (χ1n) is 3.65. The van der Waals surface area contributed by atoms with E-state index in [1.807, 2.05) is 0 Å². The molecule has 2 nitrogen and oxygen atoms in total. The first-order valence-corrected chi connectivity index (χ1v) is 4.57. The number of halogens is 2. The molecule has 0 amide bonds. The van der Waals surface area contributed by atoms with E-state index in [0.29, 0.717) is 5.56 Å². The molecule has 0 saturated heterocycles. The smallest absolute Gasteiger partial charge is 0.165 e. The Kier molecular flexibility index (Phi) is 3.03. The van der Waals surface area contributed by atoms with Crippen molar-refractivity contribution in [3.8, 4) is 5.75 Å². The average molecular weight is 247 g/mol. The Morgan fingerprint density at radius 3 is 2.69 bits per heavy atom. The molecule has 0 aliphatic heterocycles. The number of hydrogen-bond donors (Lipinski definition) is 1. The normalized spacial score (nSPS) is 12.5. The van der Waals surface area contributed by atoms with Gasteiger partial charge in [-0.3, -0.25) is 4.79 Å². The monoisotopic (exact) mass is 246 g/mol. The maximum absolute atomic E-state index is 12.8. The molecule has 0 radical (unpaired) electrons. The molecule has 1 N–H and O–H groups in total. The van der Waals surface area contributed by atoms with E-state index in [9.17, 15) is 9.18 Å². The Bertz CT molecular complexity index is 338. The minimum atomic E-state index is -0.719. The van der Waals surface area contributed by atoms with E-state index in [0.717, 1.165) is 6.07 Å². The van der Waals surface area contributed by atoms with Crippen molar-refractivity contribution in [2.75, 3.05) is 0 Å². The number of rotatable bonds is 2. The summed E-state index contributed by atoms with van der Waals surface area (Å²) in [7, 11) is 0. The minimum Gasteiger partial charge on any atom is -0.505 e. The van der Waals surface area contributed by atoms with Gasteiger partial charge in [0.2, 0.25) is 0 Å². The Morgan fingerprint density at radius 2 is 2.23 bits per heavy atom. The van der Waals surface area contributed by atoms with Crippen LogP contribution in [0.2, 0.25) is 0 Å². The molecule has 0 aromatic heterocycles. The van der Waals surface area contributed by atoms with E-state index >= 15 is 0 Å². The van der Waals surface area contributed by atoms with Gasteiger partial charge >= 0.3 is 0 Å². The second-order valence-corrected chi connectivity index (χ2v) is 3.60. The van der Waals surface area contributed by atoms with Gasteiger partial charge in [0.25, 0.3) is 0 Å². The summed E-state index contributed by atoms with van der Waals surface area (Å²) < 4.78 is 12.8. The predicted molar refractivity (Wildman–Crippen MR) is 50.4 cm³/mol. The Balaban J connectivity index is 3.03. The first kappa shape index (κ1) is 10.2. The highest BCUT2D eigenvalue weighted by molar-refractivity contribution is 9.09. The van der Waals surface area contributed by atoms with Gasteiger partial charge in [0.05, 0.1) is 4.83 Å². The van der Waals surface area contributed by atoms with Gasteiger partial charge in [-0.15, -0.1) is 0 Å². The molecule has 1 aromatic carbocycles. The zero-order valence-corrected chi connectivity index (χ0v) is 8.51. The van der Waals surface area contributed by atoms with Crippen molar-refractivity contribution in [2.45, 2.75) is 11.8 Å². The summed E-state index contributed by atoms with van der Waals surface area (Å²) in [6.45, 7) is 1.41. The van der Waals surface area contributed by atoms with Crippen molar-refractivity contribution in [2.24, 2.45) is 0 Å². The standard InChI is InChI=1S/C9H8BrFO2/c1-5(12)9(10)6-2-3-8(13)7(11)4-6/h2-4,9,13H,1H3. The van der Waals surface area contributed by atoms with Crippen molar-refractivity contribution < 1.29 is 14.3 Å². The van der Waals surface area contributed by atoms with Crippen LogP contribution >= 0.6 is 15.9 Å². The van der Waals surface area contributed by atoms with E-state index in [-0.39, 0.29) is 5.78 Å². The van der Waals surface area contributed by atoms with E-state index < -0.39 is 16.4 Å². The summed E-state index contributed by atoms with van der Waals surface area (Å²) >= 11 is 3.11. The summed E-state index contributed by atoms with van der Waals surface area (Å²) in [4.78, 5) is 10.4. The number of phenolic OH excluding ortho intramolecular Hbond substituents is 1. The highest BCUT2D eigenvalue weighted by Crippen LogP contribution is 2.26. The molecule has 70 valence electrons. The highest BCUT2D eigenvalue weighted by atomic mass is 79.9. The van der Waals surface area contributed by atoms with Crippen molar-refractivity contribution in [1.82, 2.24) is 0 Å². The van der Waals surface area contributed by atoms with Gasteiger partial charge in [-0.25, -0.2) is 4.39 Å². The van der Waals surface area contributed by atoms with Gasteiger partial charge in [0, 0.05) is 0 Å². The maximum atomic E-state index is 12.8. The number of carbonyl (C=O) groups is 1. The molecule has 13 heavy (non-hydrogen) atoms. The molecule has 0 heterocycles. The number of carbonyl (C=O) groups excluding carboxylic acids is 1. The first-order chi connectivity index (χ1) is 6.02. The largest absolute Gasteiger partial charge is 0.505 e. The van der Waals surface area contributed by atoms with Crippen molar-refractivity contribution in [3.05, 3.63) is 29.6 Å². The van der Waals surface area contributed by atoms with Crippen LogP contribution in [0.25, 0.3) is 0 Å². The van der Waals surface area contributed by atoms with Crippen molar-refractivity contribution in [3.63, 3.8) is 0 Å². The second-order valence-electron chi connectivity index (χ2n) is 2.68.